The highest BCUT2D eigenvalue weighted by atomic mass is 16.4. The zero-order chi connectivity index (χ0) is 18.9. The van der Waals surface area contributed by atoms with Gasteiger partial charge in [-0.25, -0.2) is 0 Å². The number of hydrogen-bond acceptors (Lipinski definition) is 4. The van der Waals surface area contributed by atoms with Crippen molar-refractivity contribution in [3.05, 3.63) is 71.3 Å². The Kier molecular flexibility index (Phi) is 4.80. The average Bonchev–Trinajstić information content (AvgIpc) is 2.97. The van der Waals surface area contributed by atoms with Gasteiger partial charge in [-0.3, -0.25) is 14.5 Å². The van der Waals surface area contributed by atoms with E-state index in [0.29, 0.717) is 0 Å². The number of aliphatic carboxylic acids is 2. The van der Waals surface area contributed by atoms with Crippen LogP contribution in [0.4, 0.5) is 0 Å². The predicted octanol–water partition coefficient (Wildman–Crippen LogP) is 2.03. The van der Waals surface area contributed by atoms with Crippen molar-refractivity contribution in [3.63, 3.8) is 0 Å². The lowest BCUT2D eigenvalue weighted by Crippen LogP contribution is -2.50. The molecule has 6 heteroatoms. The summed E-state index contributed by atoms with van der Waals surface area (Å²) in [6.45, 7) is 1.93. The maximum absolute atomic E-state index is 11.9. The fraction of sp³-hybridized carbons (Fsp3) is 0.300. The summed E-state index contributed by atoms with van der Waals surface area (Å²) in [4.78, 5) is 25.2. The normalized spacial score (nSPS) is 24.3. The average molecular weight is 354 g/mol. The van der Waals surface area contributed by atoms with Crippen molar-refractivity contribution >= 4 is 11.9 Å². The van der Waals surface area contributed by atoms with Crippen molar-refractivity contribution in [1.82, 2.24) is 4.90 Å². The van der Waals surface area contributed by atoms with E-state index in [1.54, 1.807) is 4.90 Å². The van der Waals surface area contributed by atoms with Crippen LogP contribution in [0.25, 0.3) is 0 Å². The summed E-state index contributed by atoms with van der Waals surface area (Å²) in [5.41, 5.74) is 7.32. The minimum atomic E-state index is -1.58. The third-order valence-electron chi connectivity index (χ3n) is 5.06. The first-order chi connectivity index (χ1) is 12.3. The molecule has 0 saturated carbocycles. The van der Waals surface area contributed by atoms with Gasteiger partial charge in [0.1, 0.15) is 11.6 Å². The van der Waals surface area contributed by atoms with E-state index in [0.717, 1.165) is 16.7 Å². The first-order valence-electron chi connectivity index (χ1n) is 8.45. The maximum atomic E-state index is 11.9. The summed E-state index contributed by atoms with van der Waals surface area (Å²) < 4.78 is 0. The van der Waals surface area contributed by atoms with Crippen LogP contribution in [0.2, 0.25) is 0 Å². The molecule has 3 atom stereocenters. The second-order valence-electron chi connectivity index (χ2n) is 6.86. The quantitative estimate of drug-likeness (QED) is 0.759. The standard InChI is InChI=1S/C20H22N2O4/c1-13-7-5-6-10-15(13)17(14-8-3-2-4-9-14)22-12-20(21,19(25)26)11-16(22)18(23)24/h2-10,16-17H,11-12,21H2,1H3,(H,23,24)(H,25,26). The number of aryl methyl sites for hydroxylation is 1. The molecule has 0 aliphatic carbocycles. The van der Waals surface area contributed by atoms with Crippen molar-refractivity contribution in [1.29, 1.82) is 0 Å². The summed E-state index contributed by atoms with van der Waals surface area (Å²) in [5, 5.41) is 19.2. The molecule has 0 bridgehead atoms. The molecule has 3 unspecified atom stereocenters. The molecule has 4 N–H and O–H groups in total. The fourth-order valence-corrected chi connectivity index (χ4v) is 3.70. The number of likely N-dealkylation sites (tertiary alicyclic amines) is 1. The zero-order valence-corrected chi connectivity index (χ0v) is 14.5. The Balaban J connectivity index is 2.13. The largest absolute Gasteiger partial charge is 0.480 e. The van der Waals surface area contributed by atoms with E-state index >= 15 is 0 Å². The van der Waals surface area contributed by atoms with Crippen LogP contribution >= 0.6 is 0 Å². The minimum Gasteiger partial charge on any atom is -0.480 e. The van der Waals surface area contributed by atoms with Crippen LogP contribution in [0.15, 0.2) is 54.6 Å². The zero-order valence-electron chi connectivity index (χ0n) is 14.5. The molecule has 1 aliphatic rings. The number of benzene rings is 2. The fourth-order valence-electron chi connectivity index (χ4n) is 3.70. The third kappa shape index (κ3) is 3.21. The summed E-state index contributed by atoms with van der Waals surface area (Å²) in [6.07, 6.45) is -0.132. The number of carboxylic acids is 2. The molecular formula is C20H22N2O4. The number of nitrogens with two attached hydrogens (primary N) is 1. The highest BCUT2D eigenvalue weighted by Crippen LogP contribution is 2.38. The van der Waals surface area contributed by atoms with Gasteiger partial charge < -0.3 is 15.9 Å². The lowest BCUT2D eigenvalue weighted by molar-refractivity contribution is -0.143. The molecule has 2 aromatic rings. The number of rotatable bonds is 5. The van der Waals surface area contributed by atoms with Crippen molar-refractivity contribution < 1.29 is 19.8 Å². The van der Waals surface area contributed by atoms with Crippen LogP contribution in [0, 0.1) is 6.92 Å². The molecule has 26 heavy (non-hydrogen) atoms. The Labute approximate surface area is 151 Å². The summed E-state index contributed by atoms with van der Waals surface area (Å²) in [7, 11) is 0. The van der Waals surface area contributed by atoms with E-state index < -0.39 is 23.5 Å². The maximum Gasteiger partial charge on any atom is 0.325 e. The molecule has 1 saturated heterocycles. The van der Waals surface area contributed by atoms with Crippen LogP contribution in [-0.4, -0.2) is 45.2 Å². The van der Waals surface area contributed by atoms with Gasteiger partial charge in [-0.2, -0.15) is 0 Å². The van der Waals surface area contributed by atoms with Gasteiger partial charge in [-0.15, -0.1) is 0 Å². The van der Waals surface area contributed by atoms with Crippen LogP contribution in [-0.2, 0) is 9.59 Å². The minimum absolute atomic E-state index is 0.0345. The van der Waals surface area contributed by atoms with E-state index in [9.17, 15) is 19.8 Å². The van der Waals surface area contributed by atoms with Crippen molar-refractivity contribution in [2.75, 3.05) is 6.54 Å². The van der Waals surface area contributed by atoms with Gasteiger partial charge >= 0.3 is 11.9 Å². The van der Waals surface area contributed by atoms with Gasteiger partial charge in [-0.1, -0.05) is 54.6 Å². The topological polar surface area (TPSA) is 104 Å². The number of carbonyl (C=O) groups is 2. The lowest BCUT2D eigenvalue weighted by atomic mass is 9.93. The first-order valence-corrected chi connectivity index (χ1v) is 8.45. The molecule has 0 spiro atoms. The van der Waals surface area contributed by atoms with E-state index in [4.69, 9.17) is 5.73 Å². The van der Waals surface area contributed by atoms with E-state index in [1.165, 1.54) is 0 Å². The van der Waals surface area contributed by atoms with Gasteiger partial charge in [-0.05, 0) is 23.6 Å². The number of carboxylic acid groups (broad SMARTS) is 2. The van der Waals surface area contributed by atoms with Crippen molar-refractivity contribution in [2.24, 2.45) is 5.73 Å². The second kappa shape index (κ2) is 6.90. The van der Waals surface area contributed by atoms with Gasteiger partial charge in [0.25, 0.3) is 0 Å². The summed E-state index contributed by atoms with van der Waals surface area (Å²) in [6, 6.07) is 15.9. The highest BCUT2D eigenvalue weighted by Gasteiger charge is 2.52. The molecule has 1 fully saturated rings. The molecule has 1 aliphatic heterocycles. The summed E-state index contributed by atoms with van der Waals surface area (Å²) in [5.74, 6) is -2.24. The lowest BCUT2D eigenvalue weighted by Gasteiger charge is -2.33. The molecule has 1 heterocycles. The molecule has 6 nitrogen and oxygen atoms in total. The van der Waals surface area contributed by atoms with Gasteiger partial charge in [0.15, 0.2) is 0 Å². The van der Waals surface area contributed by atoms with Crippen LogP contribution in [0.1, 0.15) is 29.2 Å². The Morgan fingerprint density at radius 3 is 2.31 bits per heavy atom. The molecule has 2 aromatic carbocycles. The van der Waals surface area contributed by atoms with Crippen LogP contribution in [0.3, 0.4) is 0 Å². The van der Waals surface area contributed by atoms with Gasteiger partial charge in [0, 0.05) is 13.0 Å². The molecule has 136 valence electrons. The van der Waals surface area contributed by atoms with E-state index in [2.05, 4.69) is 0 Å². The third-order valence-corrected chi connectivity index (χ3v) is 5.06. The Morgan fingerprint density at radius 2 is 1.73 bits per heavy atom. The molecule has 0 radical (unpaired) electrons. The van der Waals surface area contributed by atoms with E-state index in [-0.39, 0.29) is 19.0 Å². The van der Waals surface area contributed by atoms with Gasteiger partial charge in [0.2, 0.25) is 0 Å². The SMILES string of the molecule is Cc1ccccc1C(c1ccccc1)N1CC(N)(C(=O)O)CC1C(=O)O. The van der Waals surface area contributed by atoms with E-state index in [1.807, 2.05) is 61.5 Å². The predicted molar refractivity (Wildman–Crippen MR) is 96.8 cm³/mol. The highest BCUT2D eigenvalue weighted by molar-refractivity contribution is 5.83. The Morgan fingerprint density at radius 1 is 1.12 bits per heavy atom. The summed E-state index contributed by atoms with van der Waals surface area (Å²) >= 11 is 0. The molecule has 0 amide bonds. The van der Waals surface area contributed by atoms with Crippen molar-refractivity contribution in [2.45, 2.75) is 31.0 Å². The Bertz CT molecular complexity index is 824. The molecule has 0 aromatic heterocycles. The molecule has 3 rings (SSSR count). The van der Waals surface area contributed by atoms with Crippen LogP contribution < -0.4 is 5.73 Å². The monoisotopic (exact) mass is 354 g/mol. The smallest absolute Gasteiger partial charge is 0.325 e. The van der Waals surface area contributed by atoms with Crippen LogP contribution in [0.5, 0.6) is 0 Å². The first kappa shape index (κ1) is 18.1. The number of nitrogens with zero attached hydrogens (tertiary/aromatic N) is 1. The number of hydrogen-bond donors (Lipinski definition) is 3. The Hall–Kier alpha value is -2.70. The van der Waals surface area contributed by atoms with Crippen molar-refractivity contribution in [3.8, 4) is 0 Å². The second-order valence-corrected chi connectivity index (χ2v) is 6.86. The van der Waals surface area contributed by atoms with Gasteiger partial charge in [0.05, 0.1) is 6.04 Å². The molecular weight excluding hydrogens is 332 g/mol.